The summed E-state index contributed by atoms with van der Waals surface area (Å²) in [5, 5.41) is 5.13. The summed E-state index contributed by atoms with van der Waals surface area (Å²) >= 11 is 5.75. The molecule has 2 aliphatic heterocycles. The van der Waals surface area contributed by atoms with E-state index in [2.05, 4.69) is 59.2 Å². The summed E-state index contributed by atoms with van der Waals surface area (Å²) in [6, 6.07) is 18.4. The van der Waals surface area contributed by atoms with Gasteiger partial charge in [0, 0.05) is 62.5 Å². The van der Waals surface area contributed by atoms with E-state index < -0.39 is 0 Å². The minimum atomic E-state index is 0.639. The van der Waals surface area contributed by atoms with Crippen molar-refractivity contribution in [3.05, 3.63) is 72.7 Å². The normalized spacial score (nSPS) is 15.8. The first kappa shape index (κ1) is 30.0. The number of nitrogens with zero attached hydrogens (tertiary/aromatic N) is 6. The summed E-state index contributed by atoms with van der Waals surface area (Å²) in [5.41, 5.74) is 4.03. The van der Waals surface area contributed by atoms with Crippen LogP contribution < -0.4 is 19.7 Å². The van der Waals surface area contributed by atoms with E-state index in [0.717, 1.165) is 83.5 Å². The maximum atomic E-state index is 6.18. The molecule has 4 aromatic rings. The van der Waals surface area contributed by atoms with Gasteiger partial charge in [0.15, 0.2) is 16.6 Å². The van der Waals surface area contributed by atoms with E-state index in [-0.39, 0.29) is 0 Å². The number of piperazine rings is 1. The molecule has 2 aromatic heterocycles. The first-order valence-corrected chi connectivity index (χ1v) is 16.0. The highest BCUT2D eigenvalue weighted by Crippen LogP contribution is 2.35. The van der Waals surface area contributed by atoms with Gasteiger partial charge in [0.2, 0.25) is 0 Å². The molecule has 0 radical (unpaired) electrons. The molecule has 9 nitrogen and oxygen atoms in total. The quantitative estimate of drug-likeness (QED) is 0.192. The van der Waals surface area contributed by atoms with Crippen molar-refractivity contribution in [3.63, 3.8) is 0 Å². The van der Waals surface area contributed by atoms with Gasteiger partial charge >= 0.3 is 0 Å². The Morgan fingerprint density at radius 1 is 0.886 bits per heavy atom. The van der Waals surface area contributed by atoms with Gasteiger partial charge in [-0.2, -0.15) is 0 Å². The Kier molecular flexibility index (Phi) is 9.99. The van der Waals surface area contributed by atoms with Crippen LogP contribution in [0.2, 0.25) is 0 Å². The van der Waals surface area contributed by atoms with Gasteiger partial charge in [-0.25, -0.2) is 9.97 Å². The summed E-state index contributed by atoms with van der Waals surface area (Å²) < 4.78 is 11.9. The second-order valence-electron chi connectivity index (χ2n) is 11.4. The summed E-state index contributed by atoms with van der Waals surface area (Å²) in [5.74, 6) is 2.35. The van der Waals surface area contributed by atoms with Crippen LogP contribution in [0.25, 0.3) is 22.2 Å². The Hall–Kier alpha value is -4.02. The van der Waals surface area contributed by atoms with E-state index in [1.165, 1.54) is 32.4 Å². The number of fused-ring (bicyclic) bond motifs is 1. The molecule has 2 fully saturated rings. The number of pyridine rings is 1. The van der Waals surface area contributed by atoms with Crippen molar-refractivity contribution in [1.82, 2.24) is 30.1 Å². The number of rotatable bonds is 10. The fourth-order valence-corrected chi connectivity index (χ4v) is 6.20. The number of benzene rings is 2. The lowest BCUT2D eigenvalue weighted by Gasteiger charge is -2.37. The number of methoxy groups -OCH3 is 1. The highest BCUT2D eigenvalue weighted by molar-refractivity contribution is 7.80. The van der Waals surface area contributed by atoms with E-state index in [0.29, 0.717) is 18.9 Å². The first-order valence-electron chi connectivity index (χ1n) is 15.6. The fourth-order valence-electron chi connectivity index (χ4n) is 5.95. The van der Waals surface area contributed by atoms with Crippen molar-refractivity contribution < 1.29 is 9.47 Å². The number of anilines is 1. The van der Waals surface area contributed by atoms with Crippen molar-refractivity contribution in [2.75, 3.05) is 64.4 Å². The Morgan fingerprint density at radius 2 is 1.70 bits per heavy atom. The average Bonchev–Trinajstić information content (AvgIpc) is 3.09. The van der Waals surface area contributed by atoms with Crippen molar-refractivity contribution >= 4 is 34.1 Å². The smallest absolute Gasteiger partial charge is 0.169 e. The molecule has 0 saturated carbocycles. The first-order chi connectivity index (χ1) is 21.7. The molecule has 6 rings (SSSR count). The monoisotopic (exact) mass is 611 g/mol. The lowest BCUT2D eigenvalue weighted by atomic mass is 10.1. The van der Waals surface area contributed by atoms with Crippen molar-refractivity contribution in [2.24, 2.45) is 0 Å². The maximum Gasteiger partial charge on any atom is 0.169 e. The van der Waals surface area contributed by atoms with Crippen LogP contribution in [0.5, 0.6) is 11.5 Å². The lowest BCUT2D eigenvalue weighted by molar-refractivity contribution is 0.203. The summed E-state index contributed by atoms with van der Waals surface area (Å²) in [4.78, 5) is 20.9. The Bertz CT molecular complexity index is 1520. The Balaban J connectivity index is 1.02. The Morgan fingerprint density at radius 3 is 2.45 bits per heavy atom. The number of piperidine rings is 1. The van der Waals surface area contributed by atoms with Crippen LogP contribution in [0.3, 0.4) is 0 Å². The molecule has 2 aromatic carbocycles. The molecule has 0 spiro atoms. The molecule has 0 bridgehead atoms. The number of ether oxygens (including phenoxy) is 2. The molecule has 0 amide bonds. The third-order valence-corrected chi connectivity index (χ3v) is 8.83. The minimum Gasteiger partial charge on any atom is -0.493 e. The molecule has 0 unspecified atom stereocenters. The molecular formula is C34H41N7O2S. The largest absolute Gasteiger partial charge is 0.493 e. The summed E-state index contributed by atoms with van der Waals surface area (Å²) in [6.45, 7) is 7.99. The number of hydrogen-bond acceptors (Lipinski definition) is 8. The number of hydrogen-bond donors (Lipinski definition) is 1. The topological polar surface area (TPSA) is 78.9 Å². The van der Waals surface area contributed by atoms with Crippen LogP contribution in [-0.2, 0) is 6.54 Å². The van der Waals surface area contributed by atoms with E-state index in [9.17, 15) is 0 Å². The van der Waals surface area contributed by atoms with Gasteiger partial charge in [-0.3, -0.25) is 4.98 Å². The van der Waals surface area contributed by atoms with E-state index in [1.807, 2.05) is 36.5 Å². The SMILES string of the molecule is COc1cc2c(N3CCN(C(=S)NCc4ccc(-c5ccccc5)nc4)CC3)ncnc2cc1OCCCN1CCCCC1. The minimum absolute atomic E-state index is 0.639. The molecule has 2 aliphatic rings. The zero-order valence-electron chi connectivity index (χ0n) is 25.5. The predicted molar refractivity (Wildman–Crippen MR) is 179 cm³/mol. The molecule has 230 valence electrons. The predicted octanol–water partition coefficient (Wildman–Crippen LogP) is 5.15. The lowest BCUT2D eigenvalue weighted by Crippen LogP contribution is -2.51. The van der Waals surface area contributed by atoms with Gasteiger partial charge in [0.1, 0.15) is 12.1 Å². The third-order valence-electron chi connectivity index (χ3n) is 8.43. The number of thiocarbonyl (C=S) groups is 1. The second-order valence-corrected chi connectivity index (χ2v) is 11.8. The van der Waals surface area contributed by atoms with Crippen molar-refractivity contribution in [3.8, 4) is 22.8 Å². The van der Waals surface area contributed by atoms with Crippen LogP contribution in [-0.4, -0.2) is 89.4 Å². The Labute approximate surface area is 265 Å². The number of nitrogens with one attached hydrogen (secondary N) is 1. The molecule has 0 aliphatic carbocycles. The van der Waals surface area contributed by atoms with Gasteiger partial charge in [-0.1, -0.05) is 42.8 Å². The van der Waals surface area contributed by atoms with E-state index in [1.54, 1.807) is 13.4 Å². The van der Waals surface area contributed by atoms with Gasteiger partial charge in [0.05, 0.1) is 24.9 Å². The number of aromatic nitrogens is 3. The van der Waals surface area contributed by atoms with Crippen molar-refractivity contribution in [1.29, 1.82) is 0 Å². The van der Waals surface area contributed by atoms with E-state index >= 15 is 0 Å². The van der Waals surface area contributed by atoms with Crippen LogP contribution in [0.1, 0.15) is 31.2 Å². The molecule has 44 heavy (non-hydrogen) atoms. The fraction of sp³-hybridized carbons (Fsp3) is 0.412. The molecular weight excluding hydrogens is 570 g/mol. The van der Waals surface area contributed by atoms with Gasteiger partial charge in [-0.15, -0.1) is 0 Å². The van der Waals surface area contributed by atoms with Crippen molar-refractivity contribution in [2.45, 2.75) is 32.2 Å². The average molecular weight is 612 g/mol. The standard InChI is InChI=1S/C34H41N7O2S/c1-42-31-21-28-30(22-32(31)43-20-8-15-39-13-6-3-7-14-39)37-25-38-33(28)40-16-18-41(19-17-40)34(44)36-24-26-11-12-29(35-23-26)27-9-4-2-5-10-27/h2,4-5,9-12,21-23,25H,3,6-8,13-20,24H2,1H3,(H,36,44). The molecule has 0 atom stereocenters. The van der Waals surface area contributed by atoms with Crippen LogP contribution in [0, 0.1) is 0 Å². The van der Waals surface area contributed by atoms with E-state index in [4.69, 9.17) is 21.7 Å². The van der Waals surface area contributed by atoms with Crippen LogP contribution in [0.15, 0.2) is 67.1 Å². The molecule has 1 N–H and O–H groups in total. The summed E-state index contributed by atoms with van der Waals surface area (Å²) in [6.07, 6.45) is 8.52. The van der Waals surface area contributed by atoms with Crippen LogP contribution in [0.4, 0.5) is 5.82 Å². The van der Waals surface area contributed by atoms with Gasteiger partial charge in [0.25, 0.3) is 0 Å². The van der Waals surface area contributed by atoms with Gasteiger partial charge in [-0.05, 0) is 62.3 Å². The maximum absolute atomic E-state index is 6.18. The molecule has 4 heterocycles. The van der Waals surface area contributed by atoms with Crippen LogP contribution >= 0.6 is 12.2 Å². The number of likely N-dealkylation sites (tertiary alicyclic amines) is 1. The third kappa shape index (κ3) is 7.36. The zero-order chi connectivity index (χ0) is 30.1. The summed E-state index contributed by atoms with van der Waals surface area (Å²) in [7, 11) is 1.69. The second kappa shape index (κ2) is 14.6. The highest BCUT2D eigenvalue weighted by Gasteiger charge is 2.22. The molecule has 10 heteroatoms. The van der Waals surface area contributed by atoms with Gasteiger partial charge < -0.3 is 29.5 Å². The zero-order valence-corrected chi connectivity index (χ0v) is 26.3. The highest BCUT2D eigenvalue weighted by atomic mass is 32.1. The molecule has 2 saturated heterocycles.